The van der Waals surface area contributed by atoms with E-state index in [1.165, 1.54) is 33.5 Å². The molecule has 0 saturated carbocycles. The van der Waals surface area contributed by atoms with Gasteiger partial charge in [-0.2, -0.15) is 4.31 Å². The van der Waals surface area contributed by atoms with Gasteiger partial charge in [0.2, 0.25) is 10.0 Å². The highest BCUT2D eigenvalue weighted by Crippen LogP contribution is 2.31. The SMILES string of the molecule is CCCN(CCC)S(=O)(=O)c1ccc(C(=O)N2CCC(C)(C(=O)O)C2)cc1. The number of carboxylic acid groups (broad SMARTS) is 1. The molecule has 0 bridgehead atoms. The molecular formula is C19H28N2O5S. The molecular weight excluding hydrogens is 368 g/mol. The quantitative estimate of drug-likeness (QED) is 0.728. The van der Waals surface area contributed by atoms with Gasteiger partial charge in [0.15, 0.2) is 0 Å². The van der Waals surface area contributed by atoms with Gasteiger partial charge in [0, 0.05) is 31.7 Å². The summed E-state index contributed by atoms with van der Waals surface area (Å²) in [5, 5.41) is 9.30. The van der Waals surface area contributed by atoms with Crippen molar-refractivity contribution in [3.8, 4) is 0 Å². The molecule has 1 fully saturated rings. The average Bonchev–Trinajstić information content (AvgIpc) is 3.05. The molecule has 1 aromatic rings. The van der Waals surface area contributed by atoms with Crippen LogP contribution in [0.5, 0.6) is 0 Å². The molecule has 1 saturated heterocycles. The highest BCUT2D eigenvalue weighted by atomic mass is 32.2. The standard InChI is InChI=1S/C19H28N2O5S/c1-4-11-21(12-5-2)27(25,26)16-8-6-15(7-9-16)17(22)20-13-10-19(3,14-20)18(23)24/h6-9H,4-5,10-14H2,1-3H3,(H,23,24). The molecule has 7 nitrogen and oxygen atoms in total. The van der Waals surface area contributed by atoms with Gasteiger partial charge < -0.3 is 10.0 Å². The Morgan fingerprint density at radius 1 is 1.15 bits per heavy atom. The second-order valence-corrected chi connectivity index (χ2v) is 9.21. The molecule has 1 atom stereocenters. The van der Waals surface area contributed by atoms with Crippen LogP contribution in [-0.2, 0) is 14.8 Å². The molecule has 0 aromatic heterocycles. The van der Waals surface area contributed by atoms with Crippen molar-refractivity contribution < 1.29 is 23.1 Å². The molecule has 0 spiro atoms. The highest BCUT2D eigenvalue weighted by molar-refractivity contribution is 7.89. The van der Waals surface area contributed by atoms with E-state index in [1.54, 1.807) is 6.92 Å². The number of nitrogens with zero attached hydrogens (tertiary/aromatic N) is 2. The molecule has 1 amide bonds. The Morgan fingerprint density at radius 2 is 1.70 bits per heavy atom. The van der Waals surface area contributed by atoms with Crippen molar-refractivity contribution in [3.05, 3.63) is 29.8 Å². The topological polar surface area (TPSA) is 95.0 Å². The summed E-state index contributed by atoms with van der Waals surface area (Å²) in [6.07, 6.45) is 1.86. The first kappa shape index (κ1) is 21.4. The van der Waals surface area contributed by atoms with Crippen molar-refractivity contribution in [2.45, 2.75) is 44.9 Å². The fourth-order valence-corrected chi connectivity index (χ4v) is 4.89. The van der Waals surface area contributed by atoms with Crippen LogP contribution >= 0.6 is 0 Å². The first-order valence-corrected chi connectivity index (χ1v) is 10.7. The van der Waals surface area contributed by atoms with Gasteiger partial charge in [0.05, 0.1) is 10.3 Å². The minimum atomic E-state index is -3.59. The summed E-state index contributed by atoms with van der Waals surface area (Å²) in [6.45, 7) is 6.94. The number of rotatable bonds is 8. The Morgan fingerprint density at radius 3 is 2.15 bits per heavy atom. The normalized spacial score (nSPS) is 20.2. The van der Waals surface area contributed by atoms with Crippen molar-refractivity contribution in [2.24, 2.45) is 5.41 Å². The number of likely N-dealkylation sites (tertiary alicyclic amines) is 1. The van der Waals surface area contributed by atoms with Gasteiger partial charge in [-0.1, -0.05) is 13.8 Å². The van der Waals surface area contributed by atoms with Crippen LogP contribution in [0.3, 0.4) is 0 Å². The van der Waals surface area contributed by atoms with Gasteiger partial charge in [0.25, 0.3) is 5.91 Å². The van der Waals surface area contributed by atoms with Crippen LogP contribution in [0.2, 0.25) is 0 Å². The minimum absolute atomic E-state index is 0.155. The summed E-state index contributed by atoms with van der Waals surface area (Å²) >= 11 is 0. The Hall–Kier alpha value is -1.93. The fraction of sp³-hybridized carbons (Fsp3) is 0.579. The van der Waals surface area contributed by atoms with Crippen LogP contribution in [0.1, 0.15) is 50.4 Å². The molecule has 1 aliphatic heterocycles. The molecule has 0 radical (unpaired) electrons. The third kappa shape index (κ3) is 4.50. The molecule has 1 aromatic carbocycles. The summed E-state index contributed by atoms with van der Waals surface area (Å²) in [7, 11) is -3.59. The van der Waals surface area contributed by atoms with Gasteiger partial charge in [-0.15, -0.1) is 0 Å². The van der Waals surface area contributed by atoms with Crippen molar-refractivity contribution in [1.29, 1.82) is 0 Å². The molecule has 150 valence electrons. The Labute approximate surface area is 161 Å². The zero-order chi connectivity index (χ0) is 20.2. The highest BCUT2D eigenvalue weighted by Gasteiger charge is 2.42. The molecule has 1 heterocycles. The Bertz CT molecular complexity index is 785. The second kappa shape index (κ2) is 8.39. The lowest BCUT2D eigenvalue weighted by molar-refractivity contribution is -0.147. The Kier molecular flexibility index (Phi) is 6.64. The predicted octanol–water partition coefficient (Wildman–Crippen LogP) is 2.43. The monoisotopic (exact) mass is 396 g/mol. The number of carbonyl (C=O) groups is 2. The first-order chi connectivity index (χ1) is 12.7. The van der Waals surface area contributed by atoms with Crippen LogP contribution in [-0.4, -0.2) is 60.8 Å². The first-order valence-electron chi connectivity index (χ1n) is 9.28. The minimum Gasteiger partial charge on any atom is -0.481 e. The molecule has 27 heavy (non-hydrogen) atoms. The van der Waals surface area contributed by atoms with E-state index in [-0.39, 0.29) is 17.3 Å². The number of carboxylic acids is 1. The lowest BCUT2D eigenvalue weighted by Gasteiger charge is -2.22. The van der Waals surface area contributed by atoms with E-state index in [0.29, 0.717) is 31.6 Å². The molecule has 0 aliphatic carbocycles. The number of benzene rings is 1. The van der Waals surface area contributed by atoms with Crippen molar-refractivity contribution in [2.75, 3.05) is 26.2 Å². The second-order valence-electron chi connectivity index (χ2n) is 7.27. The molecule has 8 heteroatoms. The summed E-state index contributed by atoms with van der Waals surface area (Å²) in [4.78, 5) is 25.7. The van der Waals surface area contributed by atoms with Crippen molar-refractivity contribution >= 4 is 21.9 Å². The molecule has 1 N–H and O–H groups in total. The maximum absolute atomic E-state index is 12.8. The number of hydrogen-bond donors (Lipinski definition) is 1. The lowest BCUT2D eigenvalue weighted by atomic mass is 9.90. The molecule has 1 aliphatic rings. The van der Waals surface area contributed by atoms with Crippen LogP contribution in [0.4, 0.5) is 0 Å². The smallest absolute Gasteiger partial charge is 0.311 e. The van der Waals surface area contributed by atoms with E-state index < -0.39 is 21.4 Å². The summed E-state index contributed by atoms with van der Waals surface area (Å²) in [5.74, 6) is -1.19. The molecule has 2 rings (SSSR count). The van der Waals surface area contributed by atoms with Crippen LogP contribution in [0.25, 0.3) is 0 Å². The van der Waals surface area contributed by atoms with Gasteiger partial charge in [-0.3, -0.25) is 9.59 Å². The zero-order valence-electron chi connectivity index (χ0n) is 16.1. The Balaban J connectivity index is 2.17. The average molecular weight is 397 g/mol. The van der Waals surface area contributed by atoms with E-state index in [0.717, 1.165) is 12.8 Å². The maximum Gasteiger partial charge on any atom is 0.311 e. The van der Waals surface area contributed by atoms with E-state index in [2.05, 4.69) is 0 Å². The number of amides is 1. The summed E-state index contributed by atoms with van der Waals surface area (Å²) in [6, 6.07) is 5.91. The van der Waals surface area contributed by atoms with Crippen LogP contribution in [0.15, 0.2) is 29.2 Å². The van der Waals surface area contributed by atoms with Gasteiger partial charge in [-0.05, 0) is 50.5 Å². The maximum atomic E-state index is 12.8. The molecule has 1 unspecified atom stereocenters. The predicted molar refractivity (Wildman–Crippen MR) is 102 cm³/mol. The van der Waals surface area contributed by atoms with Gasteiger partial charge >= 0.3 is 5.97 Å². The fourth-order valence-electron chi connectivity index (χ4n) is 3.26. The van der Waals surface area contributed by atoms with Crippen molar-refractivity contribution in [3.63, 3.8) is 0 Å². The van der Waals surface area contributed by atoms with E-state index >= 15 is 0 Å². The third-order valence-electron chi connectivity index (χ3n) is 4.96. The number of carbonyl (C=O) groups excluding carboxylic acids is 1. The van der Waals surface area contributed by atoms with E-state index in [1.807, 2.05) is 13.8 Å². The number of sulfonamides is 1. The van der Waals surface area contributed by atoms with Crippen LogP contribution < -0.4 is 0 Å². The summed E-state index contributed by atoms with van der Waals surface area (Å²) < 4.78 is 27.0. The van der Waals surface area contributed by atoms with E-state index in [4.69, 9.17) is 0 Å². The lowest BCUT2D eigenvalue weighted by Crippen LogP contribution is -2.35. The van der Waals surface area contributed by atoms with Gasteiger partial charge in [-0.25, -0.2) is 8.42 Å². The van der Waals surface area contributed by atoms with E-state index in [9.17, 15) is 23.1 Å². The number of hydrogen-bond acceptors (Lipinski definition) is 4. The third-order valence-corrected chi connectivity index (χ3v) is 6.87. The van der Waals surface area contributed by atoms with Gasteiger partial charge in [0.1, 0.15) is 0 Å². The number of aliphatic carboxylic acids is 1. The van der Waals surface area contributed by atoms with Crippen LogP contribution in [0, 0.1) is 5.41 Å². The largest absolute Gasteiger partial charge is 0.481 e. The summed E-state index contributed by atoms with van der Waals surface area (Å²) in [5.41, 5.74) is -0.569. The van der Waals surface area contributed by atoms with Crippen molar-refractivity contribution in [1.82, 2.24) is 9.21 Å². The zero-order valence-corrected chi connectivity index (χ0v) is 17.0.